The average Bonchev–Trinajstić information content (AvgIpc) is 3.07. The van der Waals surface area contributed by atoms with Crippen molar-refractivity contribution in [2.24, 2.45) is 0 Å². The molecule has 0 bridgehead atoms. The fraction of sp³-hybridized carbons (Fsp3) is 0.211. The molecular weight excluding hydrogens is 630 g/mol. The third-order valence-electron chi connectivity index (χ3n) is 6.79. The lowest BCUT2D eigenvalue weighted by Crippen LogP contribution is -2.37. The lowest BCUT2D eigenvalue weighted by atomic mass is 9.95. The van der Waals surface area contributed by atoms with Gasteiger partial charge in [-0.25, -0.2) is 19.2 Å². The first-order valence-corrected chi connectivity index (χ1v) is 15.1. The number of rotatable bonds is 15. The molecule has 11 heteroatoms. The molecule has 254 valence electrons. The molecule has 0 fully saturated rings. The highest BCUT2D eigenvalue weighted by Gasteiger charge is 2.20. The summed E-state index contributed by atoms with van der Waals surface area (Å²) in [7, 11) is 0. The van der Waals surface area contributed by atoms with Crippen molar-refractivity contribution in [2.75, 3.05) is 26.3 Å². The molecule has 0 aliphatic rings. The van der Waals surface area contributed by atoms with Crippen LogP contribution in [0.25, 0.3) is 22.3 Å². The molecule has 0 radical (unpaired) electrons. The number of carbonyl (C=O) groups is 6. The fourth-order valence-electron chi connectivity index (χ4n) is 4.12. The van der Waals surface area contributed by atoms with Crippen LogP contribution >= 0.6 is 0 Å². The smallest absolute Gasteiger partial charge is 0.374 e. The van der Waals surface area contributed by atoms with E-state index in [1.165, 1.54) is 11.8 Å². The minimum Gasteiger partial charge on any atom is -0.460 e. The maximum Gasteiger partial charge on any atom is 0.374 e. The van der Waals surface area contributed by atoms with Gasteiger partial charge < -0.3 is 23.8 Å². The van der Waals surface area contributed by atoms with E-state index in [1.807, 2.05) is 6.07 Å². The Bertz CT molecular complexity index is 1680. The highest BCUT2D eigenvalue weighted by atomic mass is 16.5. The summed E-state index contributed by atoms with van der Waals surface area (Å²) in [6.45, 7) is 15.8. The van der Waals surface area contributed by atoms with E-state index in [1.54, 1.807) is 74.5 Å². The second kappa shape index (κ2) is 17.2. The van der Waals surface area contributed by atoms with Gasteiger partial charge in [0, 0.05) is 29.2 Å². The quantitative estimate of drug-likeness (QED) is 0.0860. The third-order valence-corrected chi connectivity index (χ3v) is 6.79. The topological polar surface area (TPSA) is 143 Å². The van der Waals surface area contributed by atoms with Crippen molar-refractivity contribution in [3.63, 3.8) is 0 Å². The molecule has 11 nitrogen and oxygen atoms in total. The summed E-state index contributed by atoms with van der Waals surface area (Å²) in [4.78, 5) is 74.5. The largest absolute Gasteiger partial charge is 0.460 e. The van der Waals surface area contributed by atoms with Crippen molar-refractivity contribution in [1.29, 1.82) is 0 Å². The number of ketones is 1. The van der Waals surface area contributed by atoms with Gasteiger partial charge in [0.2, 0.25) is 5.78 Å². The molecule has 3 aromatic carbocycles. The maximum atomic E-state index is 14.0. The third kappa shape index (κ3) is 11.0. The summed E-state index contributed by atoms with van der Waals surface area (Å²) in [6, 6.07) is 18.5. The van der Waals surface area contributed by atoms with Crippen LogP contribution in [0.5, 0.6) is 11.5 Å². The molecule has 0 atom stereocenters. The number of carbonyl (C=O) groups excluding carboxylic acids is 6. The standard InChI is InChI=1S/C38H37NO10/c1-23(2)35(42)46-18-16-39(17-19-47-38(45)26(7)40)34(41)31-21-29(27-8-12-32(13-9-27)48-36(43)24(3)4)20-30(22-31)28-10-14-33(15-11-28)49-37(44)25(5)6/h8-15,20-22H,1,3,5,16-19H2,2,4,6-7H3. The van der Waals surface area contributed by atoms with Crippen molar-refractivity contribution in [2.45, 2.75) is 27.7 Å². The van der Waals surface area contributed by atoms with E-state index in [-0.39, 0.29) is 48.6 Å². The summed E-state index contributed by atoms with van der Waals surface area (Å²) in [5.74, 6) is -3.46. The highest BCUT2D eigenvalue weighted by Crippen LogP contribution is 2.31. The van der Waals surface area contributed by atoms with Crippen molar-refractivity contribution in [3.05, 3.63) is 109 Å². The SMILES string of the molecule is C=C(C)C(=O)OCCN(CCOC(=O)C(C)=O)C(=O)c1cc(-c2ccc(OC(=O)C(=C)C)cc2)cc(-c2ccc(OC(=O)C(=C)C)cc2)c1. The Hall–Kier alpha value is -6.10. The average molecular weight is 668 g/mol. The van der Waals surface area contributed by atoms with E-state index < -0.39 is 35.6 Å². The predicted molar refractivity (Wildman–Crippen MR) is 182 cm³/mol. The van der Waals surface area contributed by atoms with Gasteiger partial charge in [-0.2, -0.15) is 0 Å². The summed E-state index contributed by atoms with van der Waals surface area (Å²) < 4.78 is 20.8. The molecule has 0 aliphatic heterocycles. The number of nitrogens with zero attached hydrogens (tertiary/aromatic N) is 1. The zero-order valence-corrected chi connectivity index (χ0v) is 27.8. The van der Waals surface area contributed by atoms with E-state index in [0.29, 0.717) is 33.8 Å². The van der Waals surface area contributed by atoms with Crippen molar-refractivity contribution >= 4 is 35.6 Å². The monoisotopic (exact) mass is 667 g/mol. The molecular formula is C38H37NO10. The van der Waals surface area contributed by atoms with E-state index in [4.69, 9.17) is 18.9 Å². The van der Waals surface area contributed by atoms with Gasteiger partial charge in [-0.15, -0.1) is 0 Å². The molecule has 49 heavy (non-hydrogen) atoms. The van der Waals surface area contributed by atoms with Crippen LogP contribution in [0, 0.1) is 0 Å². The van der Waals surface area contributed by atoms with Gasteiger partial charge in [0.15, 0.2) is 0 Å². The first-order chi connectivity index (χ1) is 23.2. The zero-order chi connectivity index (χ0) is 36.2. The van der Waals surface area contributed by atoms with Crippen LogP contribution in [-0.4, -0.2) is 66.8 Å². The molecule has 1 amide bonds. The Morgan fingerprint density at radius 3 is 1.29 bits per heavy atom. The van der Waals surface area contributed by atoms with Crippen LogP contribution in [0.4, 0.5) is 0 Å². The number of ether oxygens (including phenoxy) is 4. The first kappa shape index (κ1) is 37.4. The summed E-state index contributed by atoms with van der Waals surface area (Å²) in [5.41, 5.74) is 3.57. The molecule has 3 aromatic rings. The fourth-order valence-corrected chi connectivity index (χ4v) is 4.12. The van der Waals surface area contributed by atoms with Gasteiger partial charge in [0.25, 0.3) is 5.91 Å². The lowest BCUT2D eigenvalue weighted by Gasteiger charge is -2.23. The van der Waals surface area contributed by atoms with Gasteiger partial charge in [0.1, 0.15) is 24.7 Å². The summed E-state index contributed by atoms with van der Waals surface area (Å²) >= 11 is 0. The number of amides is 1. The van der Waals surface area contributed by atoms with Gasteiger partial charge in [-0.05, 0) is 85.5 Å². The second-order valence-electron chi connectivity index (χ2n) is 11.1. The Balaban J connectivity index is 2.03. The van der Waals surface area contributed by atoms with Crippen molar-refractivity contribution < 1.29 is 47.7 Å². The lowest BCUT2D eigenvalue weighted by molar-refractivity contribution is -0.153. The Labute approximate surface area is 284 Å². The van der Waals surface area contributed by atoms with Crippen LogP contribution in [0.15, 0.2) is 103 Å². The minimum absolute atomic E-state index is 0.0550. The van der Waals surface area contributed by atoms with Crippen LogP contribution in [0.3, 0.4) is 0 Å². The normalized spacial score (nSPS) is 10.3. The number of hydrogen-bond acceptors (Lipinski definition) is 10. The Morgan fingerprint density at radius 2 is 0.918 bits per heavy atom. The molecule has 3 rings (SSSR count). The number of esters is 4. The van der Waals surface area contributed by atoms with Gasteiger partial charge >= 0.3 is 23.9 Å². The number of benzene rings is 3. The maximum absolute atomic E-state index is 14.0. The van der Waals surface area contributed by atoms with Crippen LogP contribution in [-0.2, 0) is 33.4 Å². The first-order valence-electron chi connectivity index (χ1n) is 15.1. The summed E-state index contributed by atoms with van der Waals surface area (Å²) in [5, 5.41) is 0. The van der Waals surface area contributed by atoms with E-state index in [9.17, 15) is 28.8 Å². The molecule has 0 saturated carbocycles. The van der Waals surface area contributed by atoms with E-state index in [0.717, 1.165) is 6.92 Å². The zero-order valence-electron chi connectivity index (χ0n) is 27.8. The van der Waals surface area contributed by atoms with Crippen LogP contribution in [0.1, 0.15) is 38.1 Å². The van der Waals surface area contributed by atoms with E-state index >= 15 is 0 Å². The Morgan fingerprint density at radius 1 is 0.531 bits per heavy atom. The molecule has 0 heterocycles. The predicted octanol–water partition coefficient (Wildman–Crippen LogP) is 5.68. The van der Waals surface area contributed by atoms with Crippen molar-refractivity contribution in [1.82, 2.24) is 4.90 Å². The number of hydrogen-bond donors (Lipinski definition) is 0. The second-order valence-corrected chi connectivity index (χ2v) is 11.1. The van der Waals surface area contributed by atoms with Gasteiger partial charge in [-0.1, -0.05) is 44.0 Å². The molecule has 0 saturated heterocycles. The van der Waals surface area contributed by atoms with Crippen molar-refractivity contribution in [3.8, 4) is 33.8 Å². The van der Waals surface area contributed by atoms with E-state index in [2.05, 4.69) is 19.7 Å². The minimum atomic E-state index is -1.04. The molecule has 0 N–H and O–H groups in total. The number of Topliss-reactive ketones (excluding diaryl/α,β-unsaturated/α-hetero) is 1. The van der Waals surface area contributed by atoms with Gasteiger partial charge in [0.05, 0.1) is 13.1 Å². The van der Waals surface area contributed by atoms with Gasteiger partial charge in [-0.3, -0.25) is 9.59 Å². The molecule has 0 unspecified atom stereocenters. The molecule has 0 aromatic heterocycles. The molecule has 0 aliphatic carbocycles. The Kier molecular flexibility index (Phi) is 13.1. The van der Waals surface area contributed by atoms with Crippen LogP contribution < -0.4 is 9.47 Å². The molecule has 0 spiro atoms. The summed E-state index contributed by atoms with van der Waals surface area (Å²) in [6.07, 6.45) is 0. The van der Waals surface area contributed by atoms with Crippen LogP contribution in [0.2, 0.25) is 0 Å². The highest BCUT2D eigenvalue weighted by molar-refractivity contribution is 6.32.